The number of carbonyl (C=O) groups is 2. The second-order valence-corrected chi connectivity index (χ2v) is 5.86. The Hall–Kier alpha value is -2.12. The van der Waals surface area contributed by atoms with Gasteiger partial charge in [-0.2, -0.15) is 13.2 Å². The number of piperidine rings is 1. The van der Waals surface area contributed by atoms with Crippen molar-refractivity contribution in [2.24, 2.45) is 0 Å². The van der Waals surface area contributed by atoms with Crippen LogP contribution in [0.15, 0.2) is 18.5 Å². The molecule has 0 radical (unpaired) electrons. The van der Waals surface area contributed by atoms with Crippen LogP contribution in [-0.4, -0.2) is 46.5 Å². The van der Waals surface area contributed by atoms with Crippen LogP contribution in [0.3, 0.4) is 0 Å². The van der Waals surface area contributed by atoms with Crippen LogP contribution in [0.25, 0.3) is 0 Å². The minimum Gasteiger partial charge on any atom is -0.348 e. The van der Waals surface area contributed by atoms with E-state index in [1.165, 1.54) is 6.20 Å². The number of hydrogen-bond acceptors (Lipinski definition) is 3. The summed E-state index contributed by atoms with van der Waals surface area (Å²) >= 11 is 0. The summed E-state index contributed by atoms with van der Waals surface area (Å²) in [4.78, 5) is 28.7. The minimum atomic E-state index is -4.46. The van der Waals surface area contributed by atoms with E-state index in [0.717, 1.165) is 17.4 Å². The smallest absolute Gasteiger partial charge is 0.348 e. The number of likely N-dealkylation sites (tertiary alicyclic amines) is 1. The van der Waals surface area contributed by atoms with Crippen molar-refractivity contribution in [1.82, 2.24) is 15.2 Å². The van der Waals surface area contributed by atoms with E-state index in [1.807, 2.05) is 6.92 Å². The number of aromatic nitrogens is 1. The van der Waals surface area contributed by atoms with Gasteiger partial charge in [0.1, 0.15) is 6.04 Å². The van der Waals surface area contributed by atoms with Gasteiger partial charge in [-0.25, -0.2) is 0 Å². The summed E-state index contributed by atoms with van der Waals surface area (Å²) in [6.45, 7) is 2.86. The van der Waals surface area contributed by atoms with Crippen molar-refractivity contribution in [1.29, 1.82) is 0 Å². The topological polar surface area (TPSA) is 62.3 Å². The number of hydrogen-bond donors (Lipinski definition) is 1. The molecule has 24 heavy (non-hydrogen) atoms. The highest BCUT2D eigenvalue weighted by atomic mass is 19.4. The largest absolute Gasteiger partial charge is 0.408 e. The molecule has 0 aliphatic carbocycles. The lowest BCUT2D eigenvalue weighted by molar-refractivity contribution is -0.196. The van der Waals surface area contributed by atoms with Gasteiger partial charge in [0.15, 0.2) is 0 Å². The Balaban J connectivity index is 2.09. The maximum Gasteiger partial charge on any atom is 0.408 e. The molecule has 1 aromatic heterocycles. The molecule has 1 aliphatic rings. The molecule has 2 atom stereocenters. The standard InChI is InChI=1S/C16H20F3N3O2/c1-3-11-8-20-7-6-13(11)15(24)21-12-4-5-14(16(17,18)19)22(9-12)10(2)23/h6-8,12,14H,3-5,9H2,1-2H3,(H,21,24)/t12-,14-/m0/s1. The van der Waals surface area contributed by atoms with Gasteiger partial charge >= 0.3 is 6.18 Å². The maximum atomic E-state index is 13.0. The fourth-order valence-electron chi connectivity index (χ4n) is 2.97. The number of carbonyl (C=O) groups excluding carboxylic acids is 2. The van der Waals surface area contributed by atoms with E-state index in [-0.39, 0.29) is 25.3 Å². The van der Waals surface area contributed by atoms with E-state index >= 15 is 0 Å². The second kappa shape index (κ2) is 7.19. The first-order chi connectivity index (χ1) is 11.2. The van der Waals surface area contributed by atoms with Crippen molar-refractivity contribution in [3.8, 4) is 0 Å². The van der Waals surface area contributed by atoms with Crippen LogP contribution >= 0.6 is 0 Å². The Kier molecular flexibility index (Phi) is 5.46. The molecule has 1 aromatic rings. The van der Waals surface area contributed by atoms with Gasteiger partial charge in [0.05, 0.1) is 0 Å². The SMILES string of the molecule is CCc1cnccc1C(=O)N[C@H]1CC[C@@H](C(F)(F)F)N(C(C)=O)C1. The lowest BCUT2D eigenvalue weighted by Crippen LogP contribution is -2.57. The zero-order valence-electron chi connectivity index (χ0n) is 13.6. The number of aryl methyl sites for hydroxylation is 1. The summed E-state index contributed by atoms with van der Waals surface area (Å²) in [6.07, 6.45) is -0.788. The number of pyridine rings is 1. The van der Waals surface area contributed by atoms with Crippen LogP contribution in [0.4, 0.5) is 13.2 Å². The molecule has 0 saturated carbocycles. The summed E-state index contributed by atoms with van der Waals surface area (Å²) in [5, 5.41) is 2.74. The van der Waals surface area contributed by atoms with E-state index in [0.29, 0.717) is 12.0 Å². The maximum absolute atomic E-state index is 13.0. The fraction of sp³-hybridized carbons (Fsp3) is 0.562. The number of rotatable bonds is 3. The fourth-order valence-corrected chi connectivity index (χ4v) is 2.97. The molecule has 132 valence electrons. The molecule has 0 bridgehead atoms. The average molecular weight is 343 g/mol. The molecule has 0 unspecified atom stereocenters. The highest BCUT2D eigenvalue weighted by Gasteiger charge is 2.47. The van der Waals surface area contributed by atoms with Gasteiger partial charge in [-0.3, -0.25) is 14.6 Å². The van der Waals surface area contributed by atoms with Crippen molar-refractivity contribution >= 4 is 11.8 Å². The van der Waals surface area contributed by atoms with E-state index in [1.54, 1.807) is 12.3 Å². The van der Waals surface area contributed by atoms with E-state index in [4.69, 9.17) is 0 Å². The van der Waals surface area contributed by atoms with Gasteiger partial charge in [0, 0.05) is 37.5 Å². The van der Waals surface area contributed by atoms with Gasteiger partial charge in [-0.1, -0.05) is 6.92 Å². The molecular weight excluding hydrogens is 323 g/mol. The number of halogens is 3. The summed E-state index contributed by atoms with van der Waals surface area (Å²) in [5.41, 5.74) is 1.22. The summed E-state index contributed by atoms with van der Waals surface area (Å²) < 4.78 is 39.1. The third kappa shape index (κ3) is 4.04. The van der Waals surface area contributed by atoms with Gasteiger partial charge in [0.2, 0.25) is 5.91 Å². The molecule has 0 spiro atoms. The average Bonchev–Trinajstić information content (AvgIpc) is 2.53. The first kappa shape index (κ1) is 18.2. The van der Waals surface area contributed by atoms with Crippen LogP contribution in [-0.2, 0) is 11.2 Å². The molecule has 1 aliphatic heterocycles. The van der Waals surface area contributed by atoms with Crippen molar-refractivity contribution in [3.05, 3.63) is 29.6 Å². The number of amides is 2. The van der Waals surface area contributed by atoms with Crippen molar-refractivity contribution in [2.45, 2.75) is 51.4 Å². The second-order valence-electron chi connectivity index (χ2n) is 5.86. The first-order valence-corrected chi connectivity index (χ1v) is 7.81. The summed E-state index contributed by atoms with van der Waals surface area (Å²) in [7, 11) is 0. The molecule has 2 amide bonds. The van der Waals surface area contributed by atoms with Crippen molar-refractivity contribution in [3.63, 3.8) is 0 Å². The van der Waals surface area contributed by atoms with Gasteiger partial charge in [-0.05, 0) is 30.9 Å². The van der Waals surface area contributed by atoms with E-state index in [2.05, 4.69) is 10.3 Å². The lowest BCUT2D eigenvalue weighted by atomic mass is 9.97. The molecule has 1 saturated heterocycles. The number of nitrogens with one attached hydrogen (secondary N) is 1. The third-order valence-electron chi connectivity index (χ3n) is 4.23. The minimum absolute atomic E-state index is 0.141. The predicted molar refractivity (Wildman–Crippen MR) is 81.3 cm³/mol. The molecule has 1 N–H and O–H groups in total. The number of nitrogens with zero attached hydrogens (tertiary/aromatic N) is 2. The van der Waals surface area contributed by atoms with Gasteiger partial charge < -0.3 is 10.2 Å². The molecule has 2 rings (SSSR count). The van der Waals surface area contributed by atoms with Crippen molar-refractivity contribution < 1.29 is 22.8 Å². The molecule has 0 aromatic carbocycles. The molecule has 5 nitrogen and oxygen atoms in total. The zero-order valence-corrected chi connectivity index (χ0v) is 13.6. The first-order valence-electron chi connectivity index (χ1n) is 7.81. The Labute approximate surface area is 138 Å². The highest BCUT2D eigenvalue weighted by Crippen LogP contribution is 2.32. The lowest BCUT2D eigenvalue weighted by Gasteiger charge is -2.40. The molecular formula is C16H20F3N3O2. The molecule has 1 fully saturated rings. The van der Waals surface area contributed by atoms with E-state index in [9.17, 15) is 22.8 Å². The Bertz CT molecular complexity index is 619. The van der Waals surface area contributed by atoms with Gasteiger partial charge in [-0.15, -0.1) is 0 Å². The third-order valence-corrected chi connectivity index (χ3v) is 4.23. The van der Waals surface area contributed by atoms with Crippen LogP contribution in [0.5, 0.6) is 0 Å². The number of alkyl halides is 3. The Morgan fingerprint density at radius 3 is 2.67 bits per heavy atom. The van der Waals surface area contributed by atoms with Crippen LogP contribution < -0.4 is 5.32 Å². The van der Waals surface area contributed by atoms with Crippen LogP contribution in [0.2, 0.25) is 0 Å². The summed E-state index contributed by atoms with van der Waals surface area (Å²) in [6, 6.07) is -0.703. The van der Waals surface area contributed by atoms with Crippen molar-refractivity contribution in [2.75, 3.05) is 6.54 Å². The monoisotopic (exact) mass is 343 g/mol. The Morgan fingerprint density at radius 1 is 1.38 bits per heavy atom. The quantitative estimate of drug-likeness (QED) is 0.916. The molecule has 2 heterocycles. The van der Waals surface area contributed by atoms with Crippen LogP contribution in [0, 0.1) is 0 Å². The van der Waals surface area contributed by atoms with E-state index < -0.39 is 24.2 Å². The normalized spacial score (nSPS) is 21.5. The predicted octanol–water partition coefficient (Wildman–Crippen LogP) is 2.32. The zero-order chi connectivity index (χ0) is 17.9. The Morgan fingerprint density at radius 2 is 2.08 bits per heavy atom. The highest BCUT2D eigenvalue weighted by molar-refractivity contribution is 5.95. The van der Waals surface area contributed by atoms with Crippen LogP contribution in [0.1, 0.15) is 42.6 Å². The summed E-state index contributed by atoms with van der Waals surface area (Å²) in [5.74, 6) is -0.998. The molecule has 8 heteroatoms. The van der Waals surface area contributed by atoms with Gasteiger partial charge in [0.25, 0.3) is 5.91 Å².